The highest BCUT2D eigenvalue weighted by molar-refractivity contribution is 5.88. The number of hydrogen-bond donors (Lipinski definition) is 1. The molecule has 2 unspecified atom stereocenters. The summed E-state index contributed by atoms with van der Waals surface area (Å²) in [6, 6.07) is 8.04. The summed E-state index contributed by atoms with van der Waals surface area (Å²) in [7, 11) is 0. The maximum absolute atomic E-state index is 10.8. The molecule has 1 heterocycles. The van der Waals surface area contributed by atoms with Gasteiger partial charge in [-0.25, -0.2) is 4.79 Å². The van der Waals surface area contributed by atoms with Crippen LogP contribution in [-0.2, 0) is 0 Å². The molecule has 2 fully saturated rings. The smallest absolute Gasteiger partial charge is 0.335 e. The number of aromatic carboxylic acids is 1. The maximum atomic E-state index is 10.8. The van der Waals surface area contributed by atoms with Crippen molar-refractivity contribution < 1.29 is 9.90 Å². The molecule has 0 amide bonds. The molecular formula is C15H19NO2. The lowest BCUT2D eigenvalue weighted by atomic mass is 9.85. The zero-order valence-corrected chi connectivity index (χ0v) is 10.5. The number of carboxylic acids is 1. The summed E-state index contributed by atoms with van der Waals surface area (Å²) in [6.45, 7) is 1.13. The Kier molecular flexibility index (Phi) is 2.98. The van der Waals surface area contributed by atoms with Gasteiger partial charge >= 0.3 is 5.97 Å². The highest BCUT2D eigenvalue weighted by atomic mass is 16.4. The molecule has 1 saturated heterocycles. The van der Waals surface area contributed by atoms with E-state index in [1.807, 2.05) is 12.1 Å². The van der Waals surface area contributed by atoms with E-state index >= 15 is 0 Å². The van der Waals surface area contributed by atoms with E-state index in [0.29, 0.717) is 11.6 Å². The van der Waals surface area contributed by atoms with Crippen molar-refractivity contribution in [3.63, 3.8) is 0 Å². The first-order chi connectivity index (χ1) is 8.75. The molecule has 1 N–H and O–H groups in total. The molecule has 1 aliphatic carbocycles. The Morgan fingerprint density at radius 2 is 1.83 bits per heavy atom. The Bertz CT molecular complexity index is 440. The van der Waals surface area contributed by atoms with Crippen molar-refractivity contribution >= 4 is 11.7 Å². The van der Waals surface area contributed by atoms with Crippen molar-refractivity contribution in [2.45, 2.75) is 38.1 Å². The molecule has 2 atom stereocenters. The van der Waals surface area contributed by atoms with Crippen LogP contribution in [0.4, 0.5) is 5.69 Å². The van der Waals surface area contributed by atoms with Crippen molar-refractivity contribution in [2.24, 2.45) is 5.92 Å². The molecule has 18 heavy (non-hydrogen) atoms. The zero-order chi connectivity index (χ0) is 12.5. The number of rotatable bonds is 2. The maximum Gasteiger partial charge on any atom is 0.335 e. The summed E-state index contributed by atoms with van der Waals surface area (Å²) < 4.78 is 0. The van der Waals surface area contributed by atoms with Crippen LogP contribution < -0.4 is 4.90 Å². The molecule has 1 aromatic rings. The Morgan fingerprint density at radius 3 is 2.56 bits per heavy atom. The summed E-state index contributed by atoms with van der Waals surface area (Å²) in [5, 5.41) is 8.91. The minimum Gasteiger partial charge on any atom is -0.478 e. The minimum absolute atomic E-state index is 0.373. The first kappa shape index (κ1) is 11.6. The fraction of sp³-hybridized carbons (Fsp3) is 0.533. The van der Waals surface area contributed by atoms with Crippen LogP contribution in [0, 0.1) is 5.92 Å². The van der Waals surface area contributed by atoms with E-state index < -0.39 is 5.97 Å². The summed E-state index contributed by atoms with van der Waals surface area (Å²) in [5.74, 6) is 0.0106. The highest BCUT2D eigenvalue weighted by Crippen LogP contribution is 2.38. The molecule has 0 aromatic heterocycles. The molecule has 0 bridgehead atoms. The number of carbonyl (C=O) groups is 1. The second kappa shape index (κ2) is 4.63. The topological polar surface area (TPSA) is 40.5 Å². The third-order valence-corrected chi connectivity index (χ3v) is 4.46. The van der Waals surface area contributed by atoms with Crippen molar-refractivity contribution in [3.05, 3.63) is 29.8 Å². The van der Waals surface area contributed by atoms with Gasteiger partial charge in [0, 0.05) is 18.3 Å². The molecule has 0 spiro atoms. The molecule has 3 heteroatoms. The van der Waals surface area contributed by atoms with E-state index in [1.54, 1.807) is 12.1 Å². The van der Waals surface area contributed by atoms with E-state index in [2.05, 4.69) is 4.90 Å². The number of carboxylic acid groups (broad SMARTS) is 1. The predicted octanol–water partition coefficient (Wildman–Crippen LogP) is 3.15. The molecule has 3 rings (SSSR count). The minimum atomic E-state index is -0.849. The van der Waals surface area contributed by atoms with Gasteiger partial charge in [0.1, 0.15) is 0 Å². The van der Waals surface area contributed by atoms with Gasteiger partial charge in [-0.3, -0.25) is 0 Å². The van der Waals surface area contributed by atoms with Gasteiger partial charge in [0.25, 0.3) is 0 Å². The standard InChI is InChI=1S/C15H19NO2/c17-15(18)12-5-7-13(8-6-12)16-10-9-11-3-1-2-4-14(11)16/h5-8,11,14H,1-4,9-10H2,(H,17,18). The molecule has 3 nitrogen and oxygen atoms in total. The second-order valence-electron chi connectivity index (χ2n) is 5.45. The third kappa shape index (κ3) is 1.98. The first-order valence-corrected chi connectivity index (χ1v) is 6.86. The fourth-order valence-corrected chi connectivity index (χ4v) is 3.52. The summed E-state index contributed by atoms with van der Waals surface area (Å²) in [6.07, 6.45) is 6.68. The molecular weight excluding hydrogens is 226 g/mol. The van der Waals surface area contributed by atoms with E-state index in [1.165, 1.54) is 37.8 Å². The van der Waals surface area contributed by atoms with Crippen LogP contribution in [-0.4, -0.2) is 23.7 Å². The molecule has 0 radical (unpaired) electrons. The number of nitrogens with zero attached hydrogens (tertiary/aromatic N) is 1. The number of fused-ring (bicyclic) bond motifs is 1. The van der Waals surface area contributed by atoms with Gasteiger partial charge in [0.2, 0.25) is 0 Å². The third-order valence-electron chi connectivity index (χ3n) is 4.46. The quantitative estimate of drug-likeness (QED) is 0.870. The van der Waals surface area contributed by atoms with Gasteiger partial charge in [-0.15, -0.1) is 0 Å². The van der Waals surface area contributed by atoms with Gasteiger partial charge in [0.05, 0.1) is 5.56 Å². The van der Waals surface area contributed by atoms with E-state index in [-0.39, 0.29) is 0 Å². The van der Waals surface area contributed by atoms with Crippen molar-refractivity contribution in [1.82, 2.24) is 0 Å². The van der Waals surface area contributed by atoms with Crippen LogP contribution in [0.1, 0.15) is 42.5 Å². The Balaban J connectivity index is 1.80. The largest absolute Gasteiger partial charge is 0.478 e. The summed E-state index contributed by atoms with van der Waals surface area (Å²) in [4.78, 5) is 13.3. The van der Waals surface area contributed by atoms with Gasteiger partial charge in [-0.2, -0.15) is 0 Å². The highest BCUT2D eigenvalue weighted by Gasteiger charge is 2.35. The Morgan fingerprint density at radius 1 is 1.11 bits per heavy atom. The average Bonchev–Trinajstić information content (AvgIpc) is 2.82. The lowest BCUT2D eigenvalue weighted by Crippen LogP contribution is -2.34. The van der Waals surface area contributed by atoms with Crippen LogP contribution in [0.2, 0.25) is 0 Å². The fourth-order valence-electron chi connectivity index (χ4n) is 3.52. The predicted molar refractivity (Wildman–Crippen MR) is 71.1 cm³/mol. The molecule has 1 saturated carbocycles. The van der Waals surface area contributed by atoms with Crippen molar-refractivity contribution in [1.29, 1.82) is 0 Å². The van der Waals surface area contributed by atoms with Gasteiger partial charge < -0.3 is 10.0 Å². The number of benzene rings is 1. The van der Waals surface area contributed by atoms with E-state index in [0.717, 1.165) is 12.5 Å². The monoisotopic (exact) mass is 245 g/mol. The van der Waals surface area contributed by atoms with Gasteiger partial charge in [-0.05, 0) is 49.4 Å². The molecule has 1 aliphatic heterocycles. The molecule has 96 valence electrons. The van der Waals surface area contributed by atoms with Crippen molar-refractivity contribution in [3.8, 4) is 0 Å². The summed E-state index contributed by atoms with van der Waals surface area (Å²) in [5.41, 5.74) is 1.56. The van der Waals surface area contributed by atoms with E-state index in [9.17, 15) is 4.79 Å². The number of hydrogen-bond acceptors (Lipinski definition) is 2. The average molecular weight is 245 g/mol. The second-order valence-corrected chi connectivity index (χ2v) is 5.45. The van der Waals surface area contributed by atoms with E-state index in [4.69, 9.17) is 5.11 Å². The van der Waals surface area contributed by atoms with Crippen LogP contribution in [0.5, 0.6) is 0 Å². The SMILES string of the molecule is O=C(O)c1ccc(N2CCC3CCCCC32)cc1. The Hall–Kier alpha value is -1.51. The summed E-state index contributed by atoms with van der Waals surface area (Å²) >= 11 is 0. The zero-order valence-electron chi connectivity index (χ0n) is 10.5. The first-order valence-electron chi connectivity index (χ1n) is 6.86. The lowest BCUT2D eigenvalue weighted by Gasteiger charge is -2.33. The van der Waals surface area contributed by atoms with Gasteiger partial charge in [-0.1, -0.05) is 12.8 Å². The van der Waals surface area contributed by atoms with Crippen LogP contribution in [0.15, 0.2) is 24.3 Å². The number of anilines is 1. The van der Waals surface area contributed by atoms with Crippen LogP contribution in [0.25, 0.3) is 0 Å². The molecule has 2 aliphatic rings. The van der Waals surface area contributed by atoms with Crippen LogP contribution >= 0.6 is 0 Å². The molecule has 1 aromatic carbocycles. The van der Waals surface area contributed by atoms with Gasteiger partial charge in [0.15, 0.2) is 0 Å². The van der Waals surface area contributed by atoms with Crippen molar-refractivity contribution in [2.75, 3.05) is 11.4 Å². The normalized spacial score (nSPS) is 27.0. The lowest BCUT2D eigenvalue weighted by molar-refractivity contribution is 0.0697. The van der Waals surface area contributed by atoms with Crippen LogP contribution in [0.3, 0.4) is 0 Å². The Labute approximate surface area is 107 Å².